The van der Waals surface area contributed by atoms with Crippen molar-refractivity contribution in [3.8, 4) is 0 Å². The second-order valence-electron chi connectivity index (χ2n) is 4.08. The molecule has 1 aromatic heterocycles. The van der Waals surface area contributed by atoms with Crippen LogP contribution in [0.1, 0.15) is 33.7 Å². The van der Waals surface area contributed by atoms with Gasteiger partial charge in [-0.2, -0.15) is 5.10 Å². The van der Waals surface area contributed by atoms with Gasteiger partial charge in [0.2, 0.25) is 0 Å². The first-order chi connectivity index (χ1) is 6.40. The van der Waals surface area contributed by atoms with Crippen molar-refractivity contribution in [1.82, 2.24) is 14.8 Å². The Morgan fingerprint density at radius 1 is 1.50 bits per heavy atom. The fourth-order valence-electron chi connectivity index (χ4n) is 0.912. The van der Waals surface area contributed by atoms with E-state index in [2.05, 4.69) is 10.1 Å². The summed E-state index contributed by atoms with van der Waals surface area (Å²) < 4.78 is 6.66. The topological polar surface area (TPSA) is 57.0 Å². The van der Waals surface area contributed by atoms with Crippen molar-refractivity contribution in [2.75, 3.05) is 0 Å². The Morgan fingerprint density at radius 2 is 2.14 bits per heavy atom. The minimum absolute atomic E-state index is 0.303. The minimum Gasteiger partial charge on any atom is -0.458 e. The molecule has 5 heteroatoms. The average Bonchev–Trinajstić information content (AvgIpc) is 2.51. The molecular formula is C9H15N3O2. The Kier molecular flexibility index (Phi) is 2.88. The van der Waals surface area contributed by atoms with Crippen molar-refractivity contribution >= 4 is 5.97 Å². The van der Waals surface area contributed by atoms with E-state index in [-0.39, 0.29) is 5.97 Å². The third-order valence-electron chi connectivity index (χ3n) is 1.58. The van der Waals surface area contributed by atoms with E-state index in [1.165, 1.54) is 17.3 Å². The lowest BCUT2D eigenvalue weighted by atomic mass is 10.2. The fourth-order valence-corrected chi connectivity index (χ4v) is 0.912. The van der Waals surface area contributed by atoms with Gasteiger partial charge in [0, 0.05) is 0 Å². The molecule has 5 nitrogen and oxygen atoms in total. The number of aromatic nitrogens is 3. The summed E-state index contributed by atoms with van der Waals surface area (Å²) in [4.78, 5) is 15.3. The summed E-state index contributed by atoms with van der Waals surface area (Å²) in [6.45, 7) is 7.22. The zero-order chi connectivity index (χ0) is 10.8. The van der Waals surface area contributed by atoms with Gasteiger partial charge >= 0.3 is 5.97 Å². The molecule has 1 unspecified atom stereocenters. The number of rotatable bonds is 2. The maximum Gasteiger partial charge on any atom is 0.331 e. The molecule has 0 radical (unpaired) electrons. The molecule has 1 aromatic rings. The van der Waals surface area contributed by atoms with Crippen LogP contribution in [0.5, 0.6) is 0 Å². The van der Waals surface area contributed by atoms with Crippen molar-refractivity contribution in [1.29, 1.82) is 0 Å². The number of hydrogen-bond acceptors (Lipinski definition) is 4. The molecule has 0 aliphatic heterocycles. The summed E-state index contributed by atoms with van der Waals surface area (Å²) in [5.41, 5.74) is -0.466. The second-order valence-corrected chi connectivity index (χ2v) is 4.08. The van der Waals surface area contributed by atoms with Gasteiger partial charge in [-0.05, 0) is 27.7 Å². The van der Waals surface area contributed by atoms with E-state index < -0.39 is 11.6 Å². The molecule has 0 amide bonds. The molecule has 14 heavy (non-hydrogen) atoms. The number of ether oxygens (including phenoxy) is 1. The quantitative estimate of drug-likeness (QED) is 0.668. The number of hydrogen-bond donors (Lipinski definition) is 0. The van der Waals surface area contributed by atoms with Crippen molar-refractivity contribution in [2.24, 2.45) is 0 Å². The molecular weight excluding hydrogens is 182 g/mol. The van der Waals surface area contributed by atoms with Crippen molar-refractivity contribution in [3.63, 3.8) is 0 Å². The second kappa shape index (κ2) is 3.77. The first kappa shape index (κ1) is 10.7. The molecule has 0 spiro atoms. The van der Waals surface area contributed by atoms with Gasteiger partial charge in [0.25, 0.3) is 0 Å². The summed E-state index contributed by atoms with van der Waals surface area (Å²) in [6, 6.07) is -0.434. The maximum absolute atomic E-state index is 11.5. The monoisotopic (exact) mass is 197 g/mol. The molecule has 0 aliphatic rings. The van der Waals surface area contributed by atoms with E-state index in [1.807, 2.05) is 20.8 Å². The average molecular weight is 197 g/mol. The highest BCUT2D eigenvalue weighted by molar-refractivity contribution is 5.73. The molecule has 0 saturated heterocycles. The van der Waals surface area contributed by atoms with Gasteiger partial charge in [-0.3, -0.25) is 0 Å². The van der Waals surface area contributed by atoms with Crippen molar-refractivity contribution < 1.29 is 9.53 Å². The van der Waals surface area contributed by atoms with E-state index in [0.717, 1.165) is 0 Å². The number of carbonyl (C=O) groups excluding carboxylic acids is 1. The smallest absolute Gasteiger partial charge is 0.331 e. The van der Waals surface area contributed by atoms with Crippen LogP contribution in [0, 0.1) is 0 Å². The van der Waals surface area contributed by atoms with Gasteiger partial charge in [-0.15, -0.1) is 0 Å². The zero-order valence-electron chi connectivity index (χ0n) is 8.89. The largest absolute Gasteiger partial charge is 0.458 e. The summed E-state index contributed by atoms with van der Waals surface area (Å²) in [6.07, 6.45) is 2.88. The van der Waals surface area contributed by atoms with Crippen molar-refractivity contribution in [3.05, 3.63) is 12.7 Å². The summed E-state index contributed by atoms with van der Waals surface area (Å²) >= 11 is 0. The Labute approximate surface area is 83.1 Å². The summed E-state index contributed by atoms with van der Waals surface area (Å²) in [5.74, 6) is -0.303. The van der Waals surface area contributed by atoms with Crippen LogP contribution in [0.15, 0.2) is 12.7 Å². The highest BCUT2D eigenvalue weighted by Gasteiger charge is 2.22. The van der Waals surface area contributed by atoms with Crippen molar-refractivity contribution in [2.45, 2.75) is 39.3 Å². The Morgan fingerprint density at radius 3 is 2.57 bits per heavy atom. The third kappa shape index (κ3) is 2.83. The Balaban J connectivity index is 2.63. The third-order valence-corrected chi connectivity index (χ3v) is 1.58. The highest BCUT2D eigenvalue weighted by Crippen LogP contribution is 2.13. The van der Waals surface area contributed by atoms with Gasteiger partial charge in [0.05, 0.1) is 0 Å². The van der Waals surface area contributed by atoms with Crippen LogP contribution in [0.2, 0.25) is 0 Å². The summed E-state index contributed by atoms with van der Waals surface area (Å²) in [5, 5.41) is 3.87. The highest BCUT2D eigenvalue weighted by atomic mass is 16.6. The zero-order valence-corrected chi connectivity index (χ0v) is 8.89. The maximum atomic E-state index is 11.5. The fraction of sp³-hybridized carbons (Fsp3) is 0.667. The molecule has 0 aliphatic carbocycles. The van der Waals surface area contributed by atoms with Crippen LogP contribution in [-0.2, 0) is 9.53 Å². The SMILES string of the molecule is CC(C(=O)OC(C)(C)C)n1cncn1. The normalized spacial score (nSPS) is 13.7. The molecule has 1 atom stereocenters. The molecule has 0 aromatic carbocycles. The van der Waals surface area contributed by atoms with E-state index in [9.17, 15) is 4.79 Å². The Hall–Kier alpha value is -1.39. The van der Waals surface area contributed by atoms with Gasteiger partial charge < -0.3 is 4.74 Å². The van der Waals surface area contributed by atoms with Gasteiger partial charge in [-0.25, -0.2) is 14.5 Å². The van der Waals surface area contributed by atoms with Gasteiger partial charge in [0.15, 0.2) is 0 Å². The number of carbonyl (C=O) groups is 1. The first-order valence-electron chi connectivity index (χ1n) is 4.47. The van der Waals surface area contributed by atoms with Gasteiger partial charge in [-0.1, -0.05) is 0 Å². The predicted octanol–water partition coefficient (Wildman–Crippen LogP) is 1.18. The minimum atomic E-state index is -0.466. The van der Waals surface area contributed by atoms with Gasteiger partial charge in [0.1, 0.15) is 24.3 Å². The standard InChI is InChI=1S/C9H15N3O2/c1-7(12-6-10-5-11-12)8(13)14-9(2,3)4/h5-7H,1-4H3. The Bertz CT molecular complexity index is 300. The van der Waals surface area contributed by atoms with Crippen LogP contribution in [0.4, 0.5) is 0 Å². The lowest BCUT2D eigenvalue weighted by Crippen LogP contribution is -2.29. The molecule has 0 saturated carbocycles. The van der Waals surface area contributed by atoms with E-state index in [1.54, 1.807) is 6.92 Å². The summed E-state index contributed by atoms with van der Waals surface area (Å²) in [7, 11) is 0. The van der Waals surface area contributed by atoms with E-state index >= 15 is 0 Å². The number of esters is 1. The first-order valence-corrected chi connectivity index (χ1v) is 4.47. The molecule has 0 N–H and O–H groups in total. The van der Waals surface area contributed by atoms with Crippen LogP contribution >= 0.6 is 0 Å². The molecule has 78 valence electrons. The van der Waals surface area contributed by atoms with Crippen LogP contribution in [0.25, 0.3) is 0 Å². The van der Waals surface area contributed by atoms with Crippen LogP contribution in [-0.4, -0.2) is 26.3 Å². The lowest BCUT2D eigenvalue weighted by molar-refractivity contribution is -0.158. The predicted molar refractivity (Wildman–Crippen MR) is 50.6 cm³/mol. The molecule has 0 fully saturated rings. The molecule has 1 heterocycles. The number of nitrogens with zero attached hydrogens (tertiary/aromatic N) is 3. The van der Waals surface area contributed by atoms with E-state index in [0.29, 0.717) is 0 Å². The van der Waals surface area contributed by atoms with E-state index in [4.69, 9.17) is 4.74 Å². The molecule has 0 bridgehead atoms. The van der Waals surface area contributed by atoms with Crippen LogP contribution in [0.3, 0.4) is 0 Å². The lowest BCUT2D eigenvalue weighted by Gasteiger charge is -2.22. The molecule has 1 rings (SSSR count). The van der Waals surface area contributed by atoms with Crippen LogP contribution < -0.4 is 0 Å².